The lowest BCUT2D eigenvalue weighted by atomic mass is 10.2. The maximum atomic E-state index is 12.7. The molecule has 1 atom stereocenters. The van der Waals surface area contributed by atoms with Crippen LogP contribution in [0.1, 0.15) is 24.4 Å². The summed E-state index contributed by atoms with van der Waals surface area (Å²) in [6.07, 6.45) is 3.56. The van der Waals surface area contributed by atoms with E-state index < -0.39 is 0 Å². The number of hydrogen-bond donors (Lipinski definition) is 0. The van der Waals surface area contributed by atoms with Crippen LogP contribution in [-0.2, 0) is 11.3 Å². The Hall–Kier alpha value is -1.60. The summed E-state index contributed by atoms with van der Waals surface area (Å²) in [5.41, 5.74) is 0.896. The summed E-state index contributed by atoms with van der Waals surface area (Å²) in [5, 5.41) is 4.39. The lowest BCUT2D eigenvalue weighted by Gasteiger charge is -2.35. The first-order valence-corrected chi connectivity index (χ1v) is 8.58. The molecule has 6 nitrogen and oxygen atoms in total. The van der Waals surface area contributed by atoms with Crippen molar-refractivity contribution in [3.63, 3.8) is 0 Å². The maximum absolute atomic E-state index is 12.7. The van der Waals surface area contributed by atoms with Crippen LogP contribution in [0.2, 0.25) is 0 Å². The Bertz CT molecular complexity index is 640. The van der Waals surface area contributed by atoms with E-state index in [1.54, 1.807) is 10.9 Å². The molecular weight excluding hydrogens is 360 g/mol. The zero-order valence-corrected chi connectivity index (χ0v) is 15.0. The number of halogens is 1. The summed E-state index contributed by atoms with van der Waals surface area (Å²) in [6, 6.07) is 3.61. The third-order valence-electron chi connectivity index (χ3n) is 4.25. The van der Waals surface area contributed by atoms with E-state index in [9.17, 15) is 4.79 Å². The fourth-order valence-electron chi connectivity index (χ4n) is 2.78. The second-order valence-electron chi connectivity index (χ2n) is 5.90. The van der Waals surface area contributed by atoms with Crippen LogP contribution >= 0.6 is 15.9 Å². The van der Waals surface area contributed by atoms with Gasteiger partial charge in [-0.15, -0.1) is 0 Å². The Kier molecular flexibility index (Phi) is 4.87. The third-order valence-corrected chi connectivity index (χ3v) is 5.03. The van der Waals surface area contributed by atoms with Gasteiger partial charge in [0.05, 0.1) is 23.0 Å². The van der Waals surface area contributed by atoms with Crippen molar-refractivity contribution in [2.75, 3.05) is 26.2 Å². The molecule has 0 N–H and O–H groups in total. The van der Waals surface area contributed by atoms with Crippen molar-refractivity contribution in [3.05, 3.63) is 40.5 Å². The van der Waals surface area contributed by atoms with E-state index >= 15 is 0 Å². The van der Waals surface area contributed by atoms with Crippen molar-refractivity contribution in [3.8, 4) is 0 Å². The molecule has 3 heterocycles. The Balaban J connectivity index is 1.55. The highest BCUT2D eigenvalue weighted by molar-refractivity contribution is 9.10. The van der Waals surface area contributed by atoms with E-state index in [-0.39, 0.29) is 11.9 Å². The molecule has 1 unspecified atom stereocenters. The lowest BCUT2D eigenvalue weighted by Crippen LogP contribution is -2.49. The Labute approximate surface area is 144 Å². The predicted octanol–water partition coefficient (Wildman–Crippen LogP) is 2.45. The van der Waals surface area contributed by atoms with Crippen LogP contribution in [-0.4, -0.2) is 51.7 Å². The van der Waals surface area contributed by atoms with E-state index in [0.29, 0.717) is 0 Å². The molecule has 1 fully saturated rings. The molecule has 2 aromatic rings. The van der Waals surface area contributed by atoms with Crippen LogP contribution in [0.5, 0.6) is 0 Å². The second kappa shape index (κ2) is 6.88. The summed E-state index contributed by atoms with van der Waals surface area (Å²) in [5.74, 6) is 1.09. The van der Waals surface area contributed by atoms with Gasteiger partial charge in [-0.1, -0.05) is 0 Å². The van der Waals surface area contributed by atoms with Crippen LogP contribution in [0, 0.1) is 6.92 Å². The van der Waals surface area contributed by atoms with Crippen molar-refractivity contribution >= 4 is 21.8 Å². The second-order valence-corrected chi connectivity index (χ2v) is 6.75. The number of carbonyl (C=O) groups is 1. The van der Waals surface area contributed by atoms with Gasteiger partial charge in [-0.3, -0.25) is 14.4 Å². The molecule has 2 aromatic heterocycles. The number of furan rings is 1. The summed E-state index contributed by atoms with van der Waals surface area (Å²) in [7, 11) is 0. The highest BCUT2D eigenvalue weighted by atomic mass is 79.9. The number of amides is 1. The van der Waals surface area contributed by atoms with Gasteiger partial charge >= 0.3 is 0 Å². The lowest BCUT2D eigenvalue weighted by molar-refractivity contribution is -0.136. The van der Waals surface area contributed by atoms with E-state index in [0.717, 1.165) is 48.7 Å². The summed E-state index contributed by atoms with van der Waals surface area (Å²) in [6.45, 7) is 7.83. The average molecular weight is 381 g/mol. The molecule has 3 rings (SSSR count). The number of piperazine rings is 1. The average Bonchev–Trinajstić information content (AvgIpc) is 3.17. The first kappa shape index (κ1) is 16.3. The molecule has 0 radical (unpaired) electrons. The molecular formula is C16H21BrN4O2. The number of hydrogen-bond acceptors (Lipinski definition) is 4. The SMILES string of the molecule is Cc1nn(C(C)C(=O)N2CCN(Cc3ccco3)CC2)cc1Br. The maximum Gasteiger partial charge on any atom is 0.247 e. The third kappa shape index (κ3) is 3.67. The monoisotopic (exact) mass is 380 g/mol. The molecule has 1 aliphatic rings. The summed E-state index contributed by atoms with van der Waals surface area (Å²) < 4.78 is 8.05. The van der Waals surface area contributed by atoms with Gasteiger partial charge < -0.3 is 9.32 Å². The fourth-order valence-corrected chi connectivity index (χ4v) is 3.07. The van der Waals surface area contributed by atoms with Gasteiger partial charge in [0.2, 0.25) is 5.91 Å². The molecule has 0 aliphatic carbocycles. The highest BCUT2D eigenvalue weighted by Gasteiger charge is 2.26. The largest absolute Gasteiger partial charge is 0.468 e. The molecule has 0 bridgehead atoms. The van der Waals surface area contributed by atoms with E-state index in [1.165, 1.54) is 0 Å². The van der Waals surface area contributed by atoms with Crippen LogP contribution in [0.4, 0.5) is 0 Å². The van der Waals surface area contributed by atoms with Crippen molar-refractivity contribution < 1.29 is 9.21 Å². The van der Waals surface area contributed by atoms with Gasteiger partial charge in [-0.25, -0.2) is 0 Å². The van der Waals surface area contributed by atoms with Gasteiger partial charge in [0.15, 0.2) is 0 Å². The number of nitrogens with zero attached hydrogens (tertiary/aromatic N) is 4. The smallest absolute Gasteiger partial charge is 0.247 e. The number of rotatable bonds is 4. The first-order chi connectivity index (χ1) is 11.0. The van der Waals surface area contributed by atoms with Gasteiger partial charge in [-0.05, 0) is 41.9 Å². The molecule has 7 heteroatoms. The van der Waals surface area contributed by atoms with E-state index in [4.69, 9.17) is 4.42 Å². The molecule has 1 aliphatic heterocycles. The van der Waals surface area contributed by atoms with E-state index in [2.05, 4.69) is 25.9 Å². The molecule has 0 aromatic carbocycles. The first-order valence-electron chi connectivity index (χ1n) is 7.79. The summed E-state index contributed by atoms with van der Waals surface area (Å²) >= 11 is 3.44. The molecule has 23 heavy (non-hydrogen) atoms. The van der Waals surface area contributed by atoms with Gasteiger partial charge in [0.1, 0.15) is 11.8 Å². The van der Waals surface area contributed by atoms with Crippen LogP contribution in [0.15, 0.2) is 33.5 Å². The van der Waals surface area contributed by atoms with Crippen LogP contribution < -0.4 is 0 Å². The standard InChI is InChI=1S/C16H21BrN4O2/c1-12-15(17)11-21(18-12)13(2)16(22)20-7-5-19(6-8-20)10-14-4-3-9-23-14/h3-4,9,11,13H,5-8,10H2,1-2H3. The molecule has 0 saturated carbocycles. The predicted molar refractivity (Wildman–Crippen MR) is 89.9 cm³/mol. The van der Waals surface area contributed by atoms with Gasteiger partial charge in [0, 0.05) is 32.4 Å². The molecule has 0 spiro atoms. The van der Waals surface area contributed by atoms with Crippen LogP contribution in [0.25, 0.3) is 0 Å². The fraction of sp³-hybridized carbons (Fsp3) is 0.500. The zero-order chi connectivity index (χ0) is 16.4. The Morgan fingerprint density at radius 2 is 2.13 bits per heavy atom. The van der Waals surface area contributed by atoms with Gasteiger partial charge in [0.25, 0.3) is 0 Å². The van der Waals surface area contributed by atoms with Crippen molar-refractivity contribution in [2.24, 2.45) is 0 Å². The molecule has 1 saturated heterocycles. The number of aromatic nitrogens is 2. The quantitative estimate of drug-likeness (QED) is 0.817. The van der Waals surface area contributed by atoms with Crippen LogP contribution in [0.3, 0.4) is 0 Å². The summed E-state index contributed by atoms with van der Waals surface area (Å²) in [4.78, 5) is 16.9. The topological polar surface area (TPSA) is 54.5 Å². The van der Waals surface area contributed by atoms with Crippen molar-refractivity contribution in [1.82, 2.24) is 19.6 Å². The normalized spacial score (nSPS) is 17.4. The minimum atomic E-state index is -0.281. The van der Waals surface area contributed by atoms with Crippen molar-refractivity contribution in [1.29, 1.82) is 0 Å². The molecule has 1 amide bonds. The minimum Gasteiger partial charge on any atom is -0.468 e. The van der Waals surface area contributed by atoms with E-state index in [1.807, 2.05) is 37.1 Å². The van der Waals surface area contributed by atoms with Crippen molar-refractivity contribution in [2.45, 2.75) is 26.4 Å². The minimum absolute atomic E-state index is 0.123. The number of aryl methyl sites for hydroxylation is 1. The van der Waals surface area contributed by atoms with Gasteiger partial charge in [-0.2, -0.15) is 5.10 Å². The Morgan fingerprint density at radius 3 is 2.70 bits per heavy atom. The number of carbonyl (C=O) groups excluding carboxylic acids is 1. The highest BCUT2D eigenvalue weighted by Crippen LogP contribution is 2.19. The molecule has 124 valence electrons. The zero-order valence-electron chi connectivity index (χ0n) is 13.4. The Morgan fingerprint density at radius 1 is 1.39 bits per heavy atom.